The monoisotopic (exact) mass is 357 g/mol. The van der Waals surface area contributed by atoms with Crippen LogP contribution in [0.3, 0.4) is 0 Å². The number of hydrogen-bond acceptors (Lipinski definition) is 2. The molecule has 1 aromatic rings. The van der Waals surface area contributed by atoms with Gasteiger partial charge in [0, 0.05) is 11.0 Å². The van der Waals surface area contributed by atoms with E-state index in [2.05, 4.69) is 21.2 Å². The van der Waals surface area contributed by atoms with Gasteiger partial charge in [0.2, 0.25) is 0 Å². The Balaban J connectivity index is 2.11. The first-order valence-electron chi connectivity index (χ1n) is 6.92. The molecule has 0 radical (unpaired) electrons. The minimum absolute atomic E-state index is 0.0297. The van der Waals surface area contributed by atoms with Crippen LogP contribution in [0, 0.1) is 11.2 Å². The Labute approximate surface area is 130 Å². The second-order valence-corrected chi connectivity index (χ2v) is 6.28. The molecule has 0 heterocycles. The molecule has 21 heavy (non-hydrogen) atoms. The molecule has 0 aliphatic heterocycles. The number of rotatable bonds is 4. The third-order valence-electron chi connectivity index (χ3n) is 4.04. The van der Waals surface area contributed by atoms with Crippen LogP contribution in [0.4, 0.5) is 4.39 Å². The average molecular weight is 358 g/mol. The highest BCUT2D eigenvalue weighted by Crippen LogP contribution is 2.36. The summed E-state index contributed by atoms with van der Waals surface area (Å²) in [7, 11) is 0. The van der Waals surface area contributed by atoms with E-state index in [-0.39, 0.29) is 12.1 Å². The van der Waals surface area contributed by atoms with Crippen LogP contribution in [0.25, 0.3) is 0 Å². The molecule has 1 fully saturated rings. The van der Waals surface area contributed by atoms with Gasteiger partial charge >= 0.3 is 5.97 Å². The van der Waals surface area contributed by atoms with Gasteiger partial charge in [-0.1, -0.05) is 25.3 Å². The van der Waals surface area contributed by atoms with Crippen LogP contribution in [-0.2, 0) is 4.79 Å². The molecule has 6 heteroatoms. The van der Waals surface area contributed by atoms with E-state index in [1.807, 2.05) is 0 Å². The maximum atomic E-state index is 13.7. The minimum atomic E-state index is -0.925. The van der Waals surface area contributed by atoms with Crippen LogP contribution in [0.5, 0.6) is 0 Å². The Morgan fingerprint density at radius 3 is 2.52 bits per heavy atom. The maximum absolute atomic E-state index is 13.7. The molecular weight excluding hydrogens is 341 g/mol. The highest BCUT2D eigenvalue weighted by atomic mass is 79.9. The molecule has 1 aliphatic rings. The summed E-state index contributed by atoms with van der Waals surface area (Å²) in [6.07, 6.45) is 3.78. The lowest BCUT2D eigenvalue weighted by molar-refractivity contribution is -0.150. The largest absolute Gasteiger partial charge is 0.481 e. The molecular formula is C15H17BrFNO3. The molecule has 114 valence electrons. The van der Waals surface area contributed by atoms with Crippen LogP contribution >= 0.6 is 15.9 Å². The second-order valence-electron chi connectivity index (χ2n) is 5.43. The molecule has 1 saturated carbocycles. The van der Waals surface area contributed by atoms with Crippen molar-refractivity contribution >= 4 is 27.8 Å². The van der Waals surface area contributed by atoms with Gasteiger partial charge in [-0.25, -0.2) is 4.39 Å². The number of halogens is 2. The van der Waals surface area contributed by atoms with E-state index >= 15 is 0 Å². The number of carbonyl (C=O) groups is 2. The number of carboxylic acids is 1. The lowest BCUT2D eigenvalue weighted by Gasteiger charge is -2.33. The van der Waals surface area contributed by atoms with E-state index in [9.17, 15) is 19.1 Å². The van der Waals surface area contributed by atoms with E-state index in [1.165, 1.54) is 12.1 Å². The van der Waals surface area contributed by atoms with Crippen molar-refractivity contribution in [1.82, 2.24) is 5.32 Å². The molecule has 1 aromatic carbocycles. The van der Waals surface area contributed by atoms with Crippen molar-refractivity contribution in [3.05, 3.63) is 34.1 Å². The lowest BCUT2D eigenvalue weighted by Crippen LogP contribution is -2.44. The Hall–Kier alpha value is -1.43. The van der Waals surface area contributed by atoms with Crippen molar-refractivity contribution in [2.24, 2.45) is 5.41 Å². The van der Waals surface area contributed by atoms with E-state index in [0.717, 1.165) is 19.3 Å². The van der Waals surface area contributed by atoms with Gasteiger partial charge in [0.1, 0.15) is 5.82 Å². The van der Waals surface area contributed by atoms with Crippen molar-refractivity contribution in [2.45, 2.75) is 32.1 Å². The fraction of sp³-hybridized carbons (Fsp3) is 0.467. The van der Waals surface area contributed by atoms with Gasteiger partial charge in [0.15, 0.2) is 0 Å². The van der Waals surface area contributed by atoms with E-state index in [0.29, 0.717) is 17.3 Å². The predicted molar refractivity (Wildman–Crippen MR) is 79.6 cm³/mol. The Kier molecular flexibility index (Phi) is 4.98. The van der Waals surface area contributed by atoms with Gasteiger partial charge in [-0.3, -0.25) is 9.59 Å². The number of aliphatic carboxylic acids is 1. The SMILES string of the molecule is O=C(NCC1(C(=O)O)CCCCC1)c1c(F)cccc1Br. The third-order valence-corrected chi connectivity index (χ3v) is 4.70. The van der Waals surface area contributed by atoms with Gasteiger partial charge in [-0.2, -0.15) is 0 Å². The smallest absolute Gasteiger partial charge is 0.311 e. The molecule has 0 bridgehead atoms. The Bertz CT molecular complexity index is 536. The highest BCUT2D eigenvalue weighted by Gasteiger charge is 2.40. The number of amides is 1. The normalized spacial score (nSPS) is 17.2. The van der Waals surface area contributed by atoms with Gasteiger partial charge in [-0.05, 0) is 40.9 Å². The van der Waals surface area contributed by atoms with Crippen LogP contribution in [-0.4, -0.2) is 23.5 Å². The van der Waals surface area contributed by atoms with Gasteiger partial charge < -0.3 is 10.4 Å². The van der Waals surface area contributed by atoms with E-state index in [1.54, 1.807) is 6.07 Å². The number of benzene rings is 1. The zero-order valence-corrected chi connectivity index (χ0v) is 13.1. The summed E-state index contributed by atoms with van der Waals surface area (Å²) >= 11 is 3.14. The van der Waals surface area contributed by atoms with Crippen LogP contribution in [0.2, 0.25) is 0 Å². The average Bonchev–Trinajstić information content (AvgIpc) is 2.46. The molecule has 2 N–H and O–H groups in total. The molecule has 0 atom stereocenters. The Morgan fingerprint density at radius 1 is 1.29 bits per heavy atom. The summed E-state index contributed by atoms with van der Waals surface area (Å²) < 4.78 is 14.1. The summed E-state index contributed by atoms with van der Waals surface area (Å²) in [5.74, 6) is -2.11. The fourth-order valence-corrected chi connectivity index (χ4v) is 3.27. The Morgan fingerprint density at radius 2 is 1.95 bits per heavy atom. The molecule has 1 amide bonds. The number of carboxylic acid groups (broad SMARTS) is 1. The summed E-state index contributed by atoms with van der Waals surface area (Å²) in [5.41, 5.74) is -1.01. The first-order valence-corrected chi connectivity index (χ1v) is 7.71. The number of nitrogens with one attached hydrogen (secondary N) is 1. The summed E-state index contributed by atoms with van der Waals surface area (Å²) in [6, 6.07) is 4.27. The van der Waals surface area contributed by atoms with Crippen LogP contribution in [0.15, 0.2) is 22.7 Å². The van der Waals surface area contributed by atoms with Crippen molar-refractivity contribution in [3.8, 4) is 0 Å². The molecule has 0 unspecified atom stereocenters. The fourth-order valence-electron chi connectivity index (χ4n) is 2.75. The van der Waals surface area contributed by atoms with Crippen molar-refractivity contribution in [2.75, 3.05) is 6.54 Å². The topological polar surface area (TPSA) is 66.4 Å². The van der Waals surface area contributed by atoms with Gasteiger partial charge in [-0.15, -0.1) is 0 Å². The molecule has 0 aromatic heterocycles. The van der Waals surface area contributed by atoms with E-state index in [4.69, 9.17) is 0 Å². The van der Waals surface area contributed by atoms with E-state index < -0.39 is 23.1 Å². The van der Waals surface area contributed by atoms with Gasteiger partial charge in [0.05, 0.1) is 11.0 Å². The highest BCUT2D eigenvalue weighted by molar-refractivity contribution is 9.10. The first-order chi connectivity index (χ1) is 9.96. The zero-order chi connectivity index (χ0) is 15.5. The standard InChI is InChI=1S/C15H17BrFNO3/c16-10-5-4-6-11(17)12(10)13(19)18-9-15(14(20)21)7-2-1-3-8-15/h4-6H,1-3,7-9H2,(H,18,19)(H,20,21). The number of hydrogen-bond donors (Lipinski definition) is 2. The number of carbonyl (C=O) groups excluding carboxylic acids is 1. The predicted octanol–water partition coefficient (Wildman–Crippen LogP) is 3.35. The second kappa shape index (κ2) is 6.56. The molecule has 1 aliphatic carbocycles. The molecule has 0 spiro atoms. The minimum Gasteiger partial charge on any atom is -0.481 e. The van der Waals surface area contributed by atoms with Crippen molar-refractivity contribution in [3.63, 3.8) is 0 Å². The van der Waals surface area contributed by atoms with Gasteiger partial charge in [0.25, 0.3) is 5.91 Å². The molecule has 2 rings (SSSR count). The first kappa shape index (κ1) is 15.9. The quantitative estimate of drug-likeness (QED) is 0.868. The third kappa shape index (κ3) is 3.43. The summed E-state index contributed by atoms with van der Waals surface area (Å²) in [5, 5.41) is 12.0. The zero-order valence-electron chi connectivity index (χ0n) is 11.5. The molecule has 0 saturated heterocycles. The van der Waals surface area contributed by atoms with Crippen molar-refractivity contribution < 1.29 is 19.1 Å². The lowest BCUT2D eigenvalue weighted by atomic mass is 9.74. The van der Waals surface area contributed by atoms with Crippen LogP contribution in [0.1, 0.15) is 42.5 Å². The maximum Gasteiger partial charge on any atom is 0.311 e. The summed E-state index contributed by atoms with van der Waals surface area (Å²) in [6.45, 7) is 0.0297. The van der Waals surface area contributed by atoms with Crippen molar-refractivity contribution in [1.29, 1.82) is 0 Å². The van der Waals surface area contributed by atoms with Crippen LogP contribution < -0.4 is 5.32 Å². The molecule has 4 nitrogen and oxygen atoms in total. The summed E-state index contributed by atoms with van der Waals surface area (Å²) in [4.78, 5) is 23.6.